The number of aliphatic hydroxyl groups is 1. The summed E-state index contributed by atoms with van der Waals surface area (Å²) < 4.78 is 40.8. The Morgan fingerprint density at radius 1 is 1.33 bits per heavy atom. The lowest BCUT2D eigenvalue weighted by Crippen LogP contribution is -2.37. The fourth-order valence-corrected chi connectivity index (χ4v) is 3.84. The monoisotopic (exact) mass is 337 g/mol. The number of hydrogen-bond acceptors (Lipinski definition) is 3. The van der Waals surface area contributed by atoms with E-state index in [4.69, 9.17) is 16.7 Å². The van der Waals surface area contributed by atoms with Crippen LogP contribution in [0.15, 0.2) is 17.0 Å². The van der Waals surface area contributed by atoms with Gasteiger partial charge in [-0.15, -0.1) is 0 Å². The molecule has 4 nitrogen and oxygen atoms in total. The number of nitrogens with one attached hydrogen (secondary N) is 1. The van der Waals surface area contributed by atoms with Crippen LogP contribution in [0.3, 0.4) is 0 Å². The normalized spacial score (nSPS) is 13.7. The summed E-state index contributed by atoms with van der Waals surface area (Å²) in [5.74, 6) is -0.659. The average Bonchev–Trinajstić information content (AvgIpc) is 2.42. The van der Waals surface area contributed by atoms with Crippen LogP contribution in [0.2, 0.25) is 5.02 Å². The second-order valence-corrected chi connectivity index (χ2v) is 7.11. The summed E-state index contributed by atoms with van der Waals surface area (Å²) in [6.07, 6.45) is 1.69. The van der Waals surface area contributed by atoms with Gasteiger partial charge in [0.2, 0.25) is 10.0 Å². The molecule has 0 heterocycles. The molecule has 1 unspecified atom stereocenters. The molecule has 0 spiro atoms. The maximum atomic E-state index is 13.7. The molecule has 0 radical (unpaired) electrons. The predicted molar refractivity (Wildman–Crippen MR) is 81.2 cm³/mol. The van der Waals surface area contributed by atoms with Gasteiger partial charge in [-0.2, -0.15) is 0 Å². The summed E-state index contributed by atoms with van der Waals surface area (Å²) >= 11 is 5.67. The highest BCUT2D eigenvalue weighted by Gasteiger charge is 2.23. The average molecular weight is 338 g/mol. The van der Waals surface area contributed by atoms with Gasteiger partial charge in [-0.25, -0.2) is 17.5 Å². The van der Waals surface area contributed by atoms with Crippen LogP contribution in [0.1, 0.15) is 39.2 Å². The molecule has 0 aliphatic rings. The molecule has 1 rings (SSSR count). The van der Waals surface area contributed by atoms with Gasteiger partial charge in [-0.3, -0.25) is 0 Å². The Kier molecular flexibility index (Phi) is 6.59. The van der Waals surface area contributed by atoms with E-state index in [9.17, 15) is 12.8 Å². The first-order chi connectivity index (χ1) is 9.76. The molecular formula is C14H21ClFNO3S. The Morgan fingerprint density at radius 3 is 2.38 bits per heavy atom. The molecule has 1 aromatic carbocycles. The van der Waals surface area contributed by atoms with Crippen LogP contribution in [-0.4, -0.2) is 19.6 Å². The van der Waals surface area contributed by atoms with Crippen molar-refractivity contribution >= 4 is 21.6 Å². The van der Waals surface area contributed by atoms with Crippen molar-refractivity contribution in [3.05, 3.63) is 28.5 Å². The number of halogens is 2. The SMILES string of the molecule is CCC(CC)C(C)NS(=O)(=O)c1cc(F)c(Cl)c(CO)c1. The lowest BCUT2D eigenvalue weighted by molar-refractivity contribution is 0.281. The van der Waals surface area contributed by atoms with Gasteiger partial charge in [0.25, 0.3) is 0 Å². The third-order valence-electron chi connectivity index (χ3n) is 3.65. The molecule has 21 heavy (non-hydrogen) atoms. The van der Waals surface area contributed by atoms with Crippen LogP contribution in [0.25, 0.3) is 0 Å². The van der Waals surface area contributed by atoms with E-state index in [0.29, 0.717) is 0 Å². The summed E-state index contributed by atoms with van der Waals surface area (Å²) in [5.41, 5.74) is 0.0484. The van der Waals surface area contributed by atoms with Crippen molar-refractivity contribution in [3.8, 4) is 0 Å². The summed E-state index contributed by atoms with van der Waals surface area (Å²) in [6, 6.07) is 1.79. The molecule has 0 fully saturated rings. The minimum Gasteiger partial charge on any atom is -0.392 e. The van der Waals surface area contributed by atoms with E-state index in [-0.39, 0.29) is 27.4 Å². The van der Waals surface area contributed by atoms with Gasteiger partial charge in [0.05, 0.1) is 16.5 Å². The van der Waals surface area contributed by atoms with Crippen molar-refractivity contribution in [2.45, 2.75) is 51.2 Å². The predicted octanol–water partition coefficient (Wildman–Crippen LogP) is 3.07. The molecule has 0 saturated heterocycles. The fourth-order valence-electron chi connectivity index (χ4n) is 2.29. The first-order valence-electron chi connectivity index (χ1n) is 6.87. The Morgan fingerprint density at radius 2 is 1.90 bits per heavy atom. The zero-order valence-corrected chi connectivity index (χ0v) is 13.9. The molecule has 0 aromatic heterocycles. The Balaban J connectivity index is 3.11. The number of rotatable bonds is 7. The smallest absolute Gasteiger partial charge is 0.240 e. The Hall–Kier alpha value is -0.690. The number of benzene rings is 1. The van der Waals surface area contributed by atoms with Gasteiger partial charge in [0, 0.05) is 11.6 Å². The molecule has 120 valence electrons. The Labute approximate surface area is 130 Å². The molecule has 1 aromatic rings. The van der Waals surface area contributed by atoms with Gasteiger partial charge in [0.15, 0.2) is 0 Å². The van der Waals surface area contributed by atoms with Gasteiger partial charge in [-0.1, -0.05) is 38.3 Å². The minimum absolute atomic E-state index is 0.0484. The highest BCUT2D eigenvalue weighted by atomic mass is 35.5. The second kappa shape index (κ2) is 7.54. The van der Waals surface area contributed by atoms with E-state index >= 15 is 0 Å². The fraction of sp³-hybridized carbons (Fsp3) is 0.571. The topological polar surface area (TPSA) is 66.4 Å². The first-order valence-corrected chi connectivity index (χ1v) is 8.74. The van der Waals surface area contributed by atoms with Crippen LogP contribution in [0.4, 0.5) is 4.39 Å². The van der Waals surface area contributed by atoms with E-state index in [1.807, 2.05) is 13.8 Å². The zero-order valence-electron chi connectivity index (χ0n) is 12.4. The lowest BCUT2D eigenvalue weighted by Gasteiger charge is -2.22. The van der Waals surface area contributed by atoms with Crippen molar-refractivity contribution in [2.75, 3.05) is 0 Å². The molecule has 0 aliphatic heterocycles. The largest absolute Gasteiger partial charge is 0.392 e. The highest BCUT2D eigenvalue weighted by Crippen LogP contribution is 2.25. The molecule has 0 aliphatic carbocycles. The van der Waals surface area contributed by atoms with Crippen LogP contribution in [0, 0.1) is 11.7 Å². The molecule has 0 bridgehead atoms. The van der Waals surface area contributed by atoms with Crippen LogP contribution >= 0.6 is 11.6 Å². The van der Waals surface area contributed by atoms with Crippen LogP contribution in [0.5, 0.6) is 0 Å². The van der Waals surface area contributed by atoms with Crippen molar-refractivity contribution in [1.82, 2.24) is 4.72 Å². The second-order valence-electron chi connectivity index (χ2n) is 5.02. The third-order valence-corrected chi connectivity index (χ3v) is 5.62. The molecule has 7 heteroatoms. The van der Waals surface area contributed by atoms with E-state index < -0.39 is 22.4 Å². The molecular weight excluding hydrogens is 317 g/mol. The summed E-state index contributed by atoms with van der Waals surface area (Å²) in [7, 11) is -3.86. The molecule has 0 amide bonds. The minimum atomic E-state index is -3.86. The van der Waals surface area contributed by atoms with Gasteiger partial charge in [-0.05, 0) is 25.0 Å². The maximum Gasteiger partial charge on any atom is 0.240 e. The standard InChI is InChI=1S/C14H21ClFNO3S/c1-4-10(5-2)9(3)17-21(19,20)12-6-11(8-18)14(15)13(16)7-12/h6-7,9-10,17-18H,4-5,8H2,1-3H3. The number of hydrogen-bond donors (Lipinski definition) is 2. The Bertz CT molecular complexity index is 588. The number of sulfonamides is 1. The number of aliphatic hydroxyl groups excluding tert-OH is 1. The van der Waals surface area contributed by atoms with Gasteiger partial charge in [0.1, 0.15) is 5.82 Å². The van der Waals surface area contributed by atoms with Crippen molar-refractivity contribution in [1.29, 1.82) is 0 Å². The quantitative estimate of drug-likeness (QED) is 0.803. The van der Waals surface area contributed by atoms with Crippen LogP contribution < -0.4 is 4.72 Å². The summed E-state index contributed by atoms with van der Waals surface area (Å²) in [5, 5.41) is 8.85. The third kappa shape index (κ3) is 4.39. The summed E-state index contributed by atoms with van der Waals surface area (Å²) in [4.78, 5) is -0.230. The van der Waals surface area contributed by atoms with Crippen molar-refractivity contribution in [3.63, 3.8) is 0 Å². The summed E-state index contributed by atoms with van der Waals surface area (Å²) in [6.45, 7) is 5.24. The van der Waals surface area contributed by atoms with E-state index in [1.165, 1.54) is 6.07 Å². The van der Waals surface area contributed by atoms with Gasteiger partial charge >= 0.3 is 0 Å². The molecule has 1 atom stereocenters. The zero-order chi connectivity index (χ0) is 16.2. The van der Waals surface area contributed by atoms with Crippen molar-refractivity contribution in [2.24, 2.45) is 5.92 Å². The van der Waals surface area contributed by atoms with E-state index in [1.54, 1.807) is 6.92 Å². The van der Waals surface area contributed by atoms with Crippen LogP contribution in [-0.2, 0) is 16.6 Å². The molecule has 0 saturated carbocycles. The van der Waals surface area contributed by atoms with Gasteiger partial charge < -0.3 is 5.11 Å². The first kappa shape index (κ1) is 18.4. The highest BCUT2D eigenvalue weighted by molar-refractivity contribution is 7.89. The molecule has 2 N–H and O–H groups in total. The maximum absolute atomic E-state index is 13.7. The lowest BCUT2D eigenvalue weighted by atomic mass is 9.96. The van der Waals surface area contributed by atoms with E-state index in [2.05, 4.69) is 4.72 Å². The van der Waals surface area contributed by atoms with Crippen molar-refractivity contribution < 1.29 is 17.9 Å². The van der Waals surface area contributed by atoms with E-state index in [0.717, 1.165) is 18.9 Å².